The highest BCUT2D eigenvalue weighted by Crippen LogP contribution is 2.29. The van der Waals surface area contributed by atoms with Crippen molar-refractivity contribution in [2.75, 3.05) is 12.1 Å². The van der Waals surface area contributed by atoms with Crippen molar-refractivity contribution >= 4 is 11.7 Å². The van der Waals surface area contributed by atoms with Crippen LogP contribution in [0.2, 0.25) is 0 Å². The Hall–Kier alpha value is -3.38. The number of anilines is 1. The molecule has 28 heavy (non-hydrogen) atoms. The number of carbonyl (C=O) groups excluding carboxylic acids is 1. The van der Waals surface area contributed by atoms with Crippen LogP contribution in [-0.2, 0) is 22.8 Å². The van der Waals surface area contributed by atoms with Gasteiger partial charge in [0.05, 0.1) is 13.2 Å². The molecule has 0 aliphatic rings. The van der Waals surface area contributed by atoms with Crippen molar-refractivity contribution < 1.29 is 19.1 Å². The van der Waals surface area contributed by atoms with Gasteiger partial charge >= 0.3 is 5.97 Å². The second kappa shape index (κ2) is 10.1. The van der Waals surface area contributed by atoms with Crippen LogP contribution < -0.4 is 10.2 Å². The van der Waals surface area contributed by atoms with E-state index >= 15 is 0 Å². The van der Waals surface area contributed by atoms with Crippen LogP contribution >= 0.6 is 0 Å². The molecule has 0 saturated heterocycles. The molecule has 1 heterocycles. The third-order valence-corrected chi connectivity index (χ3v) is 3.86. The molecule has 0 saturated carbocycles. The van der Waals surface area contributed by atoms with Crippen LogP contribution in [0.4, 0.5) is 5.69 Å². The molecule has 0 fully saturated rings. The molecule has 6 nitrogen and oxygen atoms in total. The van der Waals surface area contributed by atoms with Crippen LogP contribution in [0, 0.1) is 0 Å². The number of rotatable bonds is 9. The summed E-state index contributed by atoms with van der Waals surface area (Å²) in [5, 5.41) is 0. The molecule has 0 spiro atoms. The lowest BCUT2D eigenvalue weighted by molar-refractivity contribution is 0.0513. The highest BCUT2D eigenvalue weighted by atomic mass is 16.6. The number of hydrogen-bond donors (Lipinski definition) is 1. The molecule has 1 N–H and O–H groups in total. The van der Waals surface area contributed by atoms with E-state index in [0.29, 0.717) is 12.3 Å². The van der Waals surface area contributed by atoms with Gasteiger partial charge in [-0.05, 0) is 24.1 Å². The average Bonchev–Trinajstić information content (AvgIpc) is 2.74. The monoisotopic (exact) mass is 378 g/mol. The lowest BCUT2D eigenvalue weighted by atomic mass is 10.2. The maximum absolute atomic E-state index is 12.3. The summed E-state index contributed by atoms with van der Waals surface area (Å²) in [6.45, 7) is 2.64. The van der Waals surface area contributed by atoms with Crippen LogP contribution in [0.1, 0.15) is 28.5 Å². The molecular weight excluding hydrogens is 356 g/mol. The minimum atomic E-state index is -0.544. The molecule has 0 unspecified atom stereocenters. The Morgan fingerprint density at radius 2 is 1.57 bits per heavy atom. The van der Waals surface area contributed by atoms with E-state index in [1.807, 2.05) is 60.7 Å². The van der Waals surface area contributed by atoms with E-state index in [4.69, 9.17) is 14.3 Å². The number of esters is 1. The molecule has 0 atom stereocenters. The number of pyridine rings is 1. The van der Waals surface area contributed by atoms with Crippen LogP contribution in [-0.4, -0.2) is 17.6 Å². The first-order valence-electron chi connectivity index (χ1n) is 9.02. The standard InChI is InChI=1S/C22H22N2O4/c1-2-26-22(25)20-21(27-15-17-9-5-3-6-10-17)19(13-14-23-20)24-28-16-18-11-7-4-8-12-18/h3-14H,2,15-16H2,1H3,(H,23,24). The number of benzene rings is 2. The number of nitrogens with one attached hydrogen (secondary N) is 1. The summed E-state index contributed by atoms with van der Waals surface area (Å²) in [6, 6.07) is 21.1. The summed E-state index contributed by atoms with van der Waals surface area (Å²) in [6.07, 6.45) is 1.51. The Morgan fingerprint density at radius 1 is 0.929 bits per heavy atom. The topological polar surface area (TPSA) is 69.7 Å². The molecule has 144 valence electrons. The molecule has 1 aromatic heterocycles. The van der Waals surface area contributed by atoms with Crippen molar-refractivity contribution in [2.24, 2.45) is 0 Å². The van der Waals surface area contributed by atoms with Gasteiger partial charge in [0, 0.05) is 6.20 Å². The Morgan fingerprint density at radius 3 is 2.21 bits per heavy atom. The third kappa shape index (κ3) is 5.31. The van der Waals surface area contributed by atoms with E-state index in [1.165, 1.54) is 6.20 Å². The second-order valence-electron chi connectivity index (χ2n) is 5.91. The van der Waals surface area contributed by atoms with E-state index in [9.17, 15) is 4.79 Å². The van der Waals surface area contributed by atoms with Crippen molar-refractivity contribution in [1.82, 2.24) is 4.98 Å². The van der Waals surface area contributed by atoms with Gasteiger partial charge in [0.25, 0.3) is 0 Å². The van der Waals surface area contributed by atoms with Crippen molar-refractivity contribution in [3.8, 4) is 5.75 Å². The molecule has 3 rings (SSSR count). The Balaban J connectivity index is 1.76. The van der Waals surface area contributed by atoms with Crippen LogP contribution in [0.15, 0.2) is 72.9 Å². The highest BCUT2D eigenvalue weighted by molar-refractivity contribution is 5.92. The van der Waals surface area contributed by atoms with E-state index in [-0.39, 0.29) is 24.7 Å². The third-order valence-electron chi connectivity index (χ3n) is 3.86. The largest absolute Gasteiger partial charge is 0.484 e. The summed E-state index contributed by atoms with van der Waals surface area (Å²) in [5.41, 5.74) is 5.45. The molecule has 0 aliphatic heterocycles. The van der Waals surface area contributed by atoms with Gasteiger partial charge in [-0.15, -0.1) is 0 Å². The predicted molar refractivity (Wildman–Crippen MR) is 106 cm³/mol. The SMILES string of the molecule is CCOC(=O)c1nccc(NOCc2ccccc2)c1OCc1ccccc1. The normalized spacial score (nSPS) is 10.3. The van der Waals surface area contributed by atoms with Crippen LogP contribution in [0.5, 0.6) is 5.75 Å². The first-order chi connectivity index (χ1) is 13.8. The summed E-state index contributed by atoms with van der Waals surface area (Å²) in [5.74, 6) is -0.255. The number of hydrogen-bond acceptors (Lipinski definition) is 6. The Labute approximate surface area is 164 Å². The molecule has 0 bridgehead atoms. The molecule has 2 aromatic carbocycles. The van der Waals surface area contributed by atoms with Gasteiger partial charge in [-0.1, -0.05) is 60.7 Å². The maximum atomic E-state index is 12.3. The number of carbonyl (C=O) groups is 1. The van der Waals surface area contributed by atoms with Crippen molar-refractivity contribution in [3.63, 3.8) is 0 Å². The quantitative estimate of drug-likeness (QED) is 0.440. The average molecular weight is 378 g/mol. The van der Waals surface area contributed by atoms with Crippen molar-refractivity contribution in [2.45, 2.75) is 20.1 Å². The van der Waals surface area contributed by atoms with E-state index in [1.54, 1.807) is 13.0 Å². The summed E-state index contributed by atoms with van der Waals surface area (Å²) < 4.78 is 11.0. The van der Waals surface area contributed by atoms with Crippen LogP contribution in [0.25, 0.3) is 0 Å². The van der Waals surface area contributed by atoms with Gasteiger partial charge in [-0.3, -0.25) is 10.3 Å². The molecule has 6 heteroatoms. The van der Waals surface area contributed by atoms with Gasteiger partial charge in [0.1, 0.15) is 12.3 Å². The second-order valence-corrected chi connectivity index (χ2v) is 5.91. The number of ether oxygens (including phenoxy) is 2. The fourth-order valence-electron chi connectivity index (χ4n) is 2.52. The first-order valence-corrected chi connectivity index (χ1v) is 9.02. The van der Waals surface area contributed by atoms with Crippen molar-refractivity contribution in [1.29, 1.82) is 0 Å². The smallest absolute Gasteiger partial charge is 0.360 e. The predicted octanol–water partition coefficient (Wildman–Crippen LogP) is 4.38. The lowest BCUT2D eigenvalue weighted by Crippen LogP contribution is -2.13. The Bertz CT molecular complexity index is 886. The van der Waals surface area contributed by atoms with E-state index in [0.717, 1.165) is 11.1 Å². The van der Waals surface area contributed by atoms with Crippen LogP contribution in [0.3, 0.4) is 0 Å². The zero-order valence-electron chi connectivity index (χ0n) is 15.6. The van der Waals surface area contributed by atoms with Gasteiger partial charge in [-0.25, -0.2) is 9.78 Å². The van der Waals surface area contributed by atoms with Gasteiger partial charge in [0.15, 0.2) is 11.4 Å². The Kier molecular flexibility index (Phi) is 6.98. The van der Waals surface area contributed by atoms with Gasteiger partial charge in [-0.2, -0.15) is 0 Å². The fourth-order valence-corrected chi connectivity index (χ4v) is 2.52. The van der Waals surface area contributed by atoms with Gasteiger partial charge < -0.3 is 9.47 Å². The van der Waals surface area contributed by atoms with E-state index < -0.39 is 5.97 Å². The first kappa shape index (κ1) is 19.4. The molecule has 0 amide bonds. The maximum Gasteiger partial charge on any atom is 0.360 e. The fraction of sp³-hybridized carbons (Fsp3) is 0.182. The number of nitrogens with zero attached hydrogens (tertiary/aromatic N) is 1. The summed E-state index contributed by atoms with van der Waals surface area (Å²) >= 11 is 0. The minimum Gasteiger partial charge on any atom is -0.484 e. The van der Waals surface area contributed by atoms with E-state index in [2.05, 4.69) is 10.5 Å². The molecular formula is C22H22N2O4. The summed E-state index contributed by atoms with van der Waals surface area (Å²) in [7, 11) is 0. The molecule has 3 aromatic rings. The van der Waals surface area contributed by atoms with Crippen molar-refractivity contribution in [3.05, 3.63) is 89.7 Å². The molecule has 0 aliphatic carbocycles. The molecule has 0 radical (unpaired) electrons. The minimum absolute atomic E-state index is 0.103. The van der Waals surface area contributed by atoms with Gasteiger partial charge in [0.2, 0.25) is 0 Å². The zero-order chi connectivity index (χ0) is 19.6. The lowest BCUT2D eigenvalue weighted by Gasteiger charge is -2.15. The highest BCUT2D eigenvalue weighted by Gasteiger charge is 2.20. The summed E-state index contributed by atoms with van der Waals surface area (Å²) in [4.78, 5) is 22.0. The zero-order valence-corrected chi connectivity index (χ0v) is 15.6. The number of aromatic nitrogens is 1.